The predicted molar refractivity (Wildman–Crippen MR) is 96.5 cm³/mol. The number of hydrogen-bond acceptors (Lipinski definition) is 4. The van der Waals surface area contributed by atoms with Crippen LogP contribution in [0.3, 0.4) is 0 Å². The number of carbonyl (C=O) groups is 2. The molecule has 0 radical (unpaired) electrons. The minimum atomic E-state index is -5.08. The van der Waals surface area contributed by atoms with Crippen LogP contribution in [0.5, 0.6) is 0 Å². The zero-order valence-electron chi connectivity index (χ0n) is 16.1. The first-order valence-electron chi connectivity index (χ1n) is 9.21. The Morgan fingerprint density at radius 3 is 2.46 bits per heavy atom. The smallest absolute Gasteiger partial charge is 0.475 e. The molecule has 0 aliphatic carbocycles. The zero-order chi connectivity index (χ0) is 20.9. The summed E-state index contributed by atoms with van der Waals surface area (Å²) in [6, 6.07) is 6.24. The fourth-order valence-corrected chi connectivity index (χ4v) is 3.89. The number of amides is 1. The van der Waals surface area contributed by atoms with Crippen molar-refractivity contribution in [3.63, 3.8) is 0 Å². The lowest BCUT2D eigenvalue weighted by Gasteiger charge is -2.40. The number of rotatable bonds is 2. The molecule has 1 amide bonds. The third kappa shape index (κ3) is 6.19. The topological polar surface area (TPSA) is 73.7 Å². The number of halogens is 3. The van der Waals surface area contributed by atoms with E-state index in [4.69, 9.17) is 9.90 Å². The van der Waals surface area contributed by atoms with E-state index in [-0.39, 0.29) is 5.91 Å². The summed E-state index contributed by atoms with van der Waals surface area (Å²) in [7, 11) is 0. The number of carboxylic acids is 1. The van der Waals surface area contributed by atoms with E-state index in [1.54, 1.807) is 6.92 Å². The van der Waals surface area contributed by atoms with Crippen LogP contribution >= 0.6 is 0 Å². The molecule has 1 aromatic rings. The SMILES string of the molecule is CC(=O)N1CCCC2(CCN(Cc3cccc(C)n3)C2)C1.O=C(O)C(F)(F)F. The van der Waals surface area contributed by atoms with Crippen molar-refractivity contribution in [2.45, 2.75) is 45.8 Å². The van der Waals surface area contributed by atoms with Gasteiger partial charge >= 0.3 is 12.1 Å². The standard InChI is InChI=1S/C17H25N3O.C2HF3O2/c1-14-5-3-6-16(18-14)11-19-10-8-17(12-19)7-4-9-20(13-17)15(2)21;3-2(4,5)1(6)7/h3,5-6H,4,7-13H2,1-2H3;(H,6,7). The van der Waals surface area contributed by atoms with Crippen molar-refractivity contribution in [3.05, 3.63) is 29.6 Å². The summed E-state index contributed by atoms with van der Waals surface area (Å²) in [6.07, 6.45) is -1.47. The number of aliphatic carboxylic acids is 1. The summed E-state index contributed by atoms with van der Waals surface area (Å²) < 4.78 is 31.7. The molecule has 156 valence electrons. The van der Waals surface area contributed by atoms with Gasteiger partial charge in [0.15, 0.2) is 0 Å². The highest BCUT2D eigenvalue weighted by Gasteiger charge is 2.41. The third-order valence-corrected chi connectivity index (χ3v) is 5.20. The largest absolute Gasteiger partial charge is 0.490 e. The first-order chi connectivity index (χ1) is 13.0. The highest BCUT2D eigenvalue weighted by molar-refractivity contribution is 5.73. The third-order valence-electron chi connectivity index (χ3n) is 5.20. The van der Waals surface area contributed by atoms with E-state index in [2.05, 4.69) is 22.0 Å². The minimum absolute atomic E-state index is 0.230. The lowest BCUT2D eigenvalue weighted by atomic mass is 9.79. The average Bonchev–Trinajstić information content (AvgIpc) is 2.96. The zero-order valence-corrected chi connectivity index (χ0v) is 16.1. The Labute approximate surface area is 162 Å². The Balaban J connectivity index is 0.000000345. The maximum atomic E-state index is 11.7. The van der Waals surface area contributed by atoms with E-state index in [0.717, 1.165) is 50.5 Å². The average molecular weight is 401 g/mol. The number of nitrogens with zero attached hydrogens (tertiary/aromatic N) is 3. The summed E-state index contributed by atoms with van der Waals surface area (Å²) in [6.45, 7) is 8.79. The molecule has 0 saturated carbocycles. The first kappa shape index (κ1) is 22.1. The molecule has 2 saturated heterocycles. The molecule has 2 fully saturated rings. The molecule has 0 aromatic carbocycles. The Kier molecular flexibility index (Phi) is 7.03. The van der Waals surface area contributed by atoms with Gasteiger partial charge in [-0.15, -0.1) is 0 Å². The van der Waals surface area contributed by atoms with Crippen molar-refractivity contribution in [1.82, 2.24) is 14.8 Å². The molecule has 1 spiro atoms. The molecule has 3 rings (SSSR count). The maximum Gasteiger partial charge on any atom is 0.490 e. The second-order valence-corrected chi connectivity index (χ2v) is 7.58. The number of carbonyl (C=O) groups excluding carboxylic acids is 1. The first-order valence-corrected chi connectivity index (χ1v) is 9.21. The Morgan fingerprint density at radius 1 is 1.21 bits per heavy atom. The van der Waals surface area contributed by atoms with Gasteiger partial charge in [-0.1, -0.05) is 6.07 Å². The van der Waals surface area contributed by atoms with E-state index >= 15 is 0 Å². The Morgan fingerprint density at radius 2 is 1.89 bits per heavy atom. The number of piperidine rings is 1. The lowest BCUT2D eigenvalue weighted by Crippen LogP contribution is -2.46. The van der Waals surface area contributed by atoms with Crippen molar-refractivity contribution < 1.29 is 27.9 Å². The van der Waals surface area contributed by atoms with Gasteiger partial charge in [-0.3, -0.25) is 14.7 Å². The Bertz CT molecular complexity index is 711. The highest BCUT2D eigenvalue weighted by Crippen LogP contribution is 2.39. The molecule has 3 heterocycles. The van der Waals surface area contributed by atoms with Crippen molar-refractivity contribution in [2.24, 2.45) is 5.41 Å². The van der Waals surface area contributed by atoms with Crippen LogP contribution in [0, 0.1) is 12.3 Å². The lowest BCUT2D eigenvalue weighted by molar-refractivity contribution is -0.192. The van der Waals surface area contributed by atoms with Gasteiger partial charge in [0.05, 0.1) is 5.69 Å². The second-order valence-electron chi connectivity index (χ2n) is 7.58. The van der Waals surface area contributed by atoms with Crippen LogP contribution in [0.4, 0.5) is 13.2 Å². The highest BCUT2D eigenvalue weighted by atomic mass is 19.4. The second kappa shape index (κ2) is 8.89. The predicted octanol–water partition coefficient (Wildman–Crippen LogP) is 2.86. The fourth-order valence-electron chi connectivity index (χ4n) is 3.89. The molecule has 2 aliphatic heterocycles. The molecule has 1 atom stereocenters. The van der Waals surface area contributed by atoms with Gasteiger partial charge in [0, 0.05) is 44.2 Å². The monoisotopic (exact) mass is 401 g/mol. The summed E-state index contributed by atoms with van der Waals surface area (Å²) in [5.41, 5.74) is 2.57. The van der Waals surface area contributed by atoms with Gasteiger partial charge in [0.1, 0.15) is 0 Å². The van der Waals surface area contributed by atoms with E-state index < -0.39 is 12.1 Å². The van der Waals surface area contributed by atoms with Gasteiger partial charge in [-0.05, 0) is 44.9 Å². The summed E-state index contributed by atoms with van der Waals surface area (Å²) in [5, 5.41) is 7.12. The number of carboxylic acid groups (broad SMARTS) is 1. The molecule has 1 N–H and O–H groups in total. The van der Waals surface area contributed by atoms with Crippen LogP contribution < -0.4 is 0 Å². The number of aromatic nitrogens is 1. The van der Waals surface area contributed by atoms with Gasteiger partial charge in [-0.25, -0.2) is 4.79 Å². The molecule has 0 bridgehead atoms. The van der Waals surface area contributed by atoms with E-state index in [9.17, 15) is 18.0 Å². The molecule has 6 nitrogen and oxygen atoms in total. The normalized spacial score (nSPS) is 22.7. The van der Waals surface area contributed by atoms with E-state index in [0.29, 0.717) is 5.41 Å². The maximum absolute atomic E-state index is 11.7. The number of likely N-dealkylation sites (tertiary alicyclic amines) is 2. The summed E-state index contributed by atoms with van der Waals surface area (Å²) >= 11 is 0. The van der Waals surface area contributed by atoms with Crippen molar-refractivity contribution >= 4 is 11.9 Å². The molecule has 1 aromatic heterocycles. The number of hydrogen-bond donors (Lipinski definition) is 1. The van der Waals surface area contributed by atoms with Crippen LogP contribution in [0.1, 0.15) is 37.6 Å². The van der Waals surface area contributed by atoms with Crippen molar-refractivity contribution in [3.8, 4) is 0 Å². The van der Waals surface area contributed by atoms with Crippen LogP contribution in [-0.2, 0) is 16.1 Å². The molecular formula is C19H26F3N3O3. The number of pyridine rings is 1. The minimum Gasteiger partial charge on any atom is -0.475 e. The molecule has 2 aliphatic rings. The van der Waals surface area contributed by atoms with Crippen LogP contribution in [-0.4, -0.2) is 64.1 Å². The molecule has 28 heavy (non-hydrogen) atoms. The molecular weight excluding hydrogens is 375 g/mol. The van der Waals surface area contributed by atoms with Crippen LogP contribution in [0.2, 0.25) is 0 Å². The van der Waals surface area contributed by atoms with Crippen LogP contribution in [0.25, 0.3) is 0 Å². The number of aryl methyl sites for hydroxylation is 1. The van der Waals surface area contributed by atoms with Crippen molar-refractivity contribution in [1.29, 1.82) is 0 Å². The molecule has 1 unspecified atom stereocenters. The van der Waals surface area contributed by atoms with E-state index in [1.165, 1.54) is 12.8 Å². The molecule has 9 heteroatoms. The van der Waals surface area contributed by atoms with E-state index in [1.807, 2.05) is 17.9 Å². The fraction of sp³-hybridized carbons (Fsp3) is 0.632. The summed E-state index contributed by atoms with van der Waals surface area (Å²) in [5.74, 6) is -2.53. The Hall–Kier alpha value is -2.16. The van der Waals surface area contributed by atoms with Gasteiger partial charge in [0.25, 0.3) is 0 Å². The number of alkyl halides is 3. The van der Waals surface area contributed by atoms with Gasteiger partial charge in [0.2, 0.25) is 5.91 Å². The van der Waals surface area contributed by atoms with Crippen molar-refractivity contribution in [2.75, 3.05) is 26.2 Å². The summed E-state index contributed by atoms with van der Waals surface area (Å²) in [4.78, 5) is 29.7. The van der Waals surface area contributed by atoms with Crippen LogP contribution in [0.15, 0.2) is 18.2 Å². The van der Waals surface area contributed by atoms with Gasteiger partial charge in [-0.2, -0.15) is 13.2 Å². The van der Waals surface area contributed by atoms with Gasteiger partial charge < -0.3 is 10.0 Å². The quantitative estimate of drug-likeness (QED) is 0.825.